The minimum Gasteiger partial charge on any atom is -0.357 e. The number of benzene rings is 1. The van der Waals surface area contributed by atoms with E-state index < -0.39 is 0 Å². The largest absolute Gasteiger partial charge is 0.357 e. The van der Waals surface area contributed by atoms with Gasteiger partial charge in [-0.15, -0.1) is 11.3 Å². The Kier molecular flexibility index (Phi) is 5.73. The first-order valence-electron chi connectivity index (χ1n) is 8.11. The van der Waals surface area contributed by atoms with E-state index in [1.807, 2.05) is 32.2 Å². The van der Waals surface area contributed by atoms with Gasteiger partial charge in [-0.1, -0.05) is 30.3 Å². The van der Waals surface area contributed by atoms with Gasteiger partial charge in [-0.2, -0.15) is 5.10 Å². The number of guanidine groups is 1. The third kappa shape index (κ3) is 4.63. The smallest absolute Gasteiger partial charge is 0.192 e. The molecule has 2 aromatic heterocycles. The second kappa shape index (κ2) is 8.39. The van der Waals surface area contributed by atoms with Crippen molar-refractivity contribution in [3.05, 3.63) is 52.9 Å². The molecule has 0 aliphatic rings. The molecule has 0 saturated carbocycles. The van der Waals surface area contributed by atoms with Crippen LogP contribution in [0.3, 0.4) is 0 Å². The molecule has 0 atom stereocenters. The summed E-state index contributed by atoms with van der Waals surface area (Å²) in [5, 5.41) is 13.7. The van der Waals surface area contributed by atoms with Crippen LogP contribution in [-0.4, -0.2) is 32.3 Å². The van der Waals surface area contributed by atoms with Gasteiger partial charge in [0.25, 0.3) is 0 Å². The summed E-state index contributed by atoms with van der Waals surface area (Å²) >= 11 is 1.64. The molecule has 0 amide bonds. The molecule has 3 aromatic rings. The van der Waals surface area contributed by atoms with Gasteiger partial charge in [0.1, 0.15) is 23.7 Å². The van der Waals surface area contributed by atoms with Gasteiger partial charge < -0.3 is 10.6 Å². The second-order valence-electron chi connectivity index (χ2n) is 5.34. The van der Waals surface area contributed by atoms with Crippen molar-refractivity contribution in [1.29, 1.82) is 0 Å². The van der Waals surface area contributed by atoms with Crippen molar-refractivity contribution in [1.82, 2.24) is 30.4 Å². The SMILES string of the molecule is CCNC(=NCc1ncnn1C)NCc1nc(-c2ccccc2)cs1. The molecule has 0 radical (unpaired) electrons. The molecule has 0 fully saturated rings. The van der Waals surface area contributed by atoms with Crippen LogP contribution in [-0.2, 0) is 20.1 Å². The fourth-order valence-corrected chi connectivity index (χ4v) is 2.99. The Hall–Kier alpha value is -2.74. The zero-order valence-electron chi connectivity index (χ0n) is 14.3. The first-order valence-corrected chi connectivity index (χ1v) is 8.99. The van der Waals surface area contributed by atoms with E-state index >= 15 is 0 Å². The first kappa shape index (κ1) is 17.1. The monoisotopic (exact) mass is 355 g/mol. The third-order valence-corrected chi connectivity index (χ3v) is 4.41. The van der Waals surface area contributed by atoms with Crippen LogP contribution in [0.2, 0.25) is 0 Å². The molecular weight excluding hydrogens is 334 g/mol. The van der Waals surface area contributed by atoms with Crippen LogP contribution in [0.4, 0.5) is 0 Å². The summed E-state index contributed by atoms with van der Waals surface area (Å²) in [6.07, 6.45) is 1.53. The van der Waals surface area contributed by atoms with Crippen molar-refractivity contribution >= 4 is 17.3 Å². The summed E-state index contributed by atoms with van der Waals surface area (Å²) in [7, 11) is 1.86. The maximum Gasteiger partial charge on any atom is 0.192 e. The number of nitrogens with zero attached hydrogens (tertiary/aromatic N) is 5. The molecule has 0 spiro atoms. The lowest BCUT2D eigenvalue weighted by Crippen LogP contribution is -2.36. The highest BCUT2D eigenvalue weighted by Gasteiger charge is 2.06. The Morgan fingerprint density at radius 1 is 1.24 bits per heavy atom. The Balaban J connectivity index is 1.62. The van der Waals surface area contributed by atoms with E-state index in [4.69, 9.17) is 0 Å². The molecule has 0 unspecified atom stereocenters. The van der Waals surface area contributed by atoms with Gasteiger partial charge in [0, 0.05) is 24.5 Å². The fraction of sp³-hybridized carbons (Fsp3) is 0.294. The summed E-state index contributed by atoms with van der Waals surface area (Å²) in [5.41, 5.74) is 2.14. The average Bonchev–Trinajstić information content (AvgIpc) is 3.27. The molecule has 25 heavy (non-hydrogen) atoms. The molecule has 0 aliphatic heterocycles. The molecule has 7 nitrogen and oxygen atoms in total. The Morgan fingerprint density at radius 3 is 2.80 bits per heavy atom. The van der Waals surface area contributed by atoms with E-state index in [9.17, 15) is 0 Å². The highest BCUT2D eigenvalue weighted by molar-refractivity contribution is 7.09. The molecule has 0 aliphatic carbocycles. The van der Waals surface area contributed by atoms with Gasteiger partial charge >= 0.3 is 0 Å². The van der Waals surface area contributed by atoms with Gasteiger partial charge in [0.15, 0.2) is 5.96 Å². The number of aromatic nitrogens is 4. The molecule has 2 N–H and O–H groups in total. The summed E-state index contributed by atoms with van der Waals surface area (Å²) in [6, 6.07) is 10.2. The molecule has 0 bridgehead atoms. The van der Waals surface area contributed by atoms with E-state index in [1.54, 1.807) is 16.0 Å². The first-order chi connectivity index (χ1) is 12.3. The standard InChI is InChI=1S/C17H21N7S/c1-3-18-17(19-9-15-21-12-22-24(15)2)20-10-16-23-14(11-25-16)13-7-5-4-6-8-13/h4-8,11-12H,3,9-10H2,1-2H3,(H2,18,19,20). The Bertz CT molecular complexity index is 822. The number of thiazole rings is 1. The van der Waals surface area contributed by atoms with Gasteiger partial charge in [-0.05, 0) is 6.92 Å². The number of nitrogens with one attached hydrogen (secondary N) is 2. The number of rotatable bonds is 6. The zero-order valence-corrected chi connectivity index (χ0v) is 15.1. The van der Waals surface area contributed by atoms with Crippen LogP contribution in [0, 0.1) is 0 Å². The molecule has 0 saturated heterocycles. The maximum absolute atomic E-state index is 4.68. The summed E-state index contributed by atoms with van der Waals surface area (Å²) in [5.74, 6) is 1.56. The fourth-order valence-electron chi connectivity index (χ4n) is 2.25. The average molecular weight is 355 g/mol. The Morgan fingerprint density at radius 2 is 2.08 bits per heavy atom. The van der Waals surface area contributed by atoms with E-state index in [1.165, 1.54) is 6.33 Å². The molecule has 8 heteroatoms. The lowest BCUT2D eigenvalue weighted by atomic mass is 10.2. The van der Waals surface area contributed by atoms with Crippen LogP contribution in [0.5, 0.6) is 0 Å². The van der Waals surface area contributed by atoms with Crippen LogP contribution in [0.25, 0.3) is 11.3 Å². The lowest BCUT2D eigenvalue weighted by Gasteiger charge is -2.09. The van der Waals surface area contributed by atoms with E-state index in [2.05, 4.69) is 48.2 Å². The van der Waals surface area contributed by atoms with Crippen molar-refractivity contribution in [2.75, 3.05) is 6.54 Å². The predicted octanol–water partition coefficient (Wildman–Crippen LogP) is 2.19. The topological polar surface area (TPSA) is 80.0 Å². The van der Waals surface area contributed by atoms with Crippen LogP contribution >= 0.6 is 11.3 Å². The number of aryl methyl sites for hydroxylation is 1. The van der Waals surface area contributed by atoms with Gasteiger partial charge in [-0.3, -0.25) is 4.68 Å². The zero-order chi connectivity index (χ0) is 17.5. The second-order valence-corrected chi connectivity index (χ2v) is 6.28. The van der Waals surface area contributed by atoms with Gasteiger partial charge in [0.05, 0.1) is 12.2 Å². The highest BCUT2D eigenvalue weighted by atomic mass is 32.1. The summed E-state index contributed by atoms with van der Waals surface area (Å²) in [4.78, 5) is 13.4. The molecule has 3 rings (SSSR count). The molecule has 1 aromatic carbocycles. The van der Waals surface area contributed by atoms with E-state index in [0.717, 1.165) is 34.6 Å². The Labute approximate surface area is 150 Å². The van der Waals surface area contributed by atoms with Crippen LogP contribution in [0.1, 0.15) is 17.8 Å². The van der Waals surface area contributed by atoms with Crippen molar-refractivity contribution in [3.63, 3.8) is 0 Å². The van der Waals surface area contributed by atoms with Gasteiger partial charge in [0.2, 0.25) is 0 Å². The minimum atomic E-state index is 0.471. The molecular formula is C17H21N7S. The summed E-state index contributed by atoms with van der Waals surface area (Å²) in [6.45, 7) is 3.93. The lowest BCUT2D eigenvalue weighted by molar-refractivity contribution is 0.697. The number of hydrogen-bond donors (Lipinski definition) is 2. The quantitative estimate of drug-likeness (QED) is 0.523. The van der Waals surface area contributed by atoms with E-state index in [0.29, 0.717) is 13.1 Å². The van der Waals surface area contributed by atoms with Crippen molar-refractivity contribution in [3.8, 4) is 11.3 Å². The molecule has 130 valence electrons. The minimum absolute atomic E-state index is 0.471. The van der Waals surface area contributed by atoms with Crippen molar-refractivity contribution in [2.24, 2.45) is 12.0 Å². The van der Waals surface area contributed by atoms with Crippen LogP contribution in [0.15, 0.2) is 47.0 Å². The molecule has 2 heterocycles. The predicted molar refractivity (Wildman–Crippen MR) is 100 cm³/mol. The van der Waals surface area contributed by atoms with Crippen LogP contribution < -0.4 is 10.6 Å². The number of aliphatic imine (C=N–C) groups is 1. The summed E-state index contributed by atoms with van der Waals surface area (Å²) < 4.78 is 1.72. The maximum atomic E-state index is 4.68. The third-order valence-electron chi connectivity index (χ3n) is 3.56. The van der Waals surface area contributed by atoms with Crippen molar-refractivity contribution in [2.45, 2.75) is 20.0 Å². The normalized spacial score (nSPS) is 11.5. The number of hydrogen-bond acceptors (Lipinski definition) is 5. The van der Waals surface area contributed by atoms with Crippen molar-refractivity contribution < 1.29 is 0 Å². The van der Waals surface area contributed by atoms with E-state index in [-0.39, 0.29) is 0 Å². The van der Waals surface area contributed by atoms with Gasteiger partial charge in [-0.25, -0.2) is 15.0 Å². The highest BCUT2D eigenvalue weighted by Crippen LogP contribution is 2.21.